The fourth-order valence-corrected chi connectivity index (χ4v) is 2.77. The Labute approximate surface area is 113 Å². The number of aromatic nitrogens is 2. The summed E-state index contributed by atoms with van der Waals surface area (Å²) in [7, 11) is 0. The standard InChI is InChI=1S/C13H14N4O3/c14-10(18)6-15-5-8-4-7-2-1-3-9-11(7)17(8)13(20)16-12(9)19/h1-3,8,15H,4-6H2,(H2,14,18)(H,16,19,20). The predicted molar refractivity (Wildman–Crippen MR) is 73.6 cm³/mol. The number of hydrogen-bond donors (Lipinski definition) is 3. The summed E-state index contributed by atoms with van der Waals surface area (Å²) >= 11 is 0. The van der Waals surface area contributed by atoms with Crippen LogP contribution in [-0.2, 0) is 11.2 Å². The maximum absolute atomic E-state index is 12.0. The average Bonchev–Trinajstić information content (AvgIpc) is 2.75. The van der Waals surface area contributed by atoms with Crippen LogP contribution >= 0.6 is 0 Å². The molecule has 0 fully saturated rings. The zero-order valence-corrected chi connectivity index (χ0v) is 10.7. The number of hydrogen-bond acceptors (Lipinski definition) is 4. The number of aromatic amines is 1. The van der Waals surface area contributed by atoms with E-state index in [0.717, 1.165) is 5.56 Å². The lowest BCUT2D eigenvalue weighted by Crippen LogP contribution is -2.37. The third-order valence-corrected chi connectivity index (χ3v) is 3.54. The average molecular weight is 274 g/mol. The highest BCUT2D eigenvalue weighted by atomic mass is 16.2. The van der Waals surface area contributed by atoms with Gasteiger partial charge in [-0.05, 0) is 18.1 Å². The molecule has 1 aliphatic heterocycles. The third-order valence-electron chi connectivity index (χ3n) is 3.54. The molecule has 1 aromatic carbocycles. The molecule has 0 radical (unpaired) electrons. The molecule has 4 N–H and O–H groups in total. The van der Waals surface area contributed by atoms with Crippen molar-refractivity contribution in [1.82, 2.24) is 14.9 Å². The van der Waals surface area contributed by atoms with Crippen molar-refractivity contribution >= 4 is 16.8 Å². The summed E-state index contributed by atoms with van der Waals surface area (Å²) in [5, 5.41) is 3.43. The number of carbonyl (C=O) groups is 1. The van der Waals surface area contributed by atoms with Gasteiger partial charge in [0.05, 0.1) is 23.5 Å². The van der Waals surface area contributed by atoms with Crippen LogP contribution in [0.5, 0.6) is 0 Å². The lowest BCUT2D eigenvalue weighted by atomic mass is 10.1. The highest BCUT2D eigenvalue weighted by molar-refractivity contribution is 5.83. The first kappa shape index (κ1) is 12.6. The molecule has 1 amide bonds. The fraction of sp³-hybridized carbons (Fsp3) is 0.308. The molecule has 104 valence electrons. The number of carbonyl (C=O) groups excluding carboxylic acids is 1. The number of primary amides is 1. The van der Waals surface area contributed by atoms with Gasteiger partial charge in [0.1, 0.15) is 0 Å². The van der Waals surface area contributed by atoms with Crippen LogP contribution in [0.15, 0.2) is 27.8 Å². The molecule has 0 saturated carbocycles. The number of para-hydroxylation sites is 1. The van der Waals surface area contributed by atoms with Gasteiger partial charge in [-0.3, -0.25) is 19.1 Å². The monoisotopic (exact) mass is 274 g/mol. The summed E-state index contributed by atoms with van der Waals surface area (Å²) in [4.78, 5) is 36.9. The van der Waals surface area contributed by atoms with E-state index in [4.69, 9.17) is 5.73 Å². The molecule has 0 saturated heterocycles. The largest absolute Gasteiger partial charge is 0.369 e. The number of nitrogens with one attached hydrogen (secondary N) is 2. The van der Waals surface area contributed by atoms with Crippen molar-refractivity contribution in [3.63, 3.8) is 0 Å². The quantitative estimate of drug-likeness (QED) is 0.654. The Bertz CT molecular complexity index is 805. The van der Waals surface area contributed by atoms with Crippen LogP contribution in [-0.4, -0.2) is 28.5 Å². The van der Waals surface area contributed by atoms with Crippen molar-refractivity contribution in [3.05, 3.63) is 44.6 Å². The van der Waals surface area contributed by atoms with Gasteiger partial charge in [-0.25, -0.2) is 4.79 Å². The molecule has 2 heterocycles. The molecule has 7 nitrogen and oxygen atoms in total. The molecule has 1 atom stereocenters. The lowest BCUT2D eigenvalue weighted by Gasteiger charge is -2.14. The number of H-pyrrole nitrogens is 1. The topological polar surface area (TPSA) is 110 Å². The molecule has 1 unspecified atom stereocenters. The minimum absolute atomic E-state index is 0.0636. The highest BCUT2D eigenvalue weighted by Crippen LogP contribution is 2.28. The van der Waals surface area contributed by atoms with E-state index in [1.165, 1.54) is 0 Å². The molecular weight excluding hydrogens is 260 g/mol. The summed E-state index contributed by atoms with van der Waals surface area (Å²) in [6.45, 7) is 0.507. The normalized spacial score (nSPS) is 16.7. The van der Waals surface area contributed by atoms with Crippen molar-refractivity contribution in [1.29, 1.82) is 0 Å². The molecule has 0 spiro atoms. The van der Waals surface area contributed by atoms with Crippen molar-refractivity contribution in [2.24, 2.45) is 5.73 Å². The van der Waals surface area contributed by atoms with E-state index in [0.29, 0.717) is 23.9 Å². The van der Waals surface area contributed by atoms with Gasteiger partial charge in [-0.15, -0.1) is 0 Å². The van der Waals surface area contributed by atoms with Gasteiger partial charge in [0.25, 0.3) is 5.56 Å². The summed E-state index contributed by atoms with van der Waals surface area (Å²) in [5.41, 5.74) is 5.94. The number of nitrogens with zero attached hydrogens (tertiary/aromatic N) is 1. The SMILES string of the molecule is NC(=O)CNCC1Cc2cccc3c(=O)[nH]c(=O)n1c23. The molecule has 1 aliphatic rings. The highest BCUT2D eigenvalue weighted by Gasteiger charge is 2.26. The van der Waals surface area contributed by atoms with Gasteiger partial charge in [0.15, 0.2) is 0 Å². The van der Waals surface area contributed by atoms with Crippen LogP contribution in [0, 0.1) is 0 Å². The van der Waals surface area contributed by atoms with E-state index in [9.17, 15) is 14.4 Å². The number of nitrogens with two attached hydrogens (primary N) is 1. The minimum atomic E-state index is -0.445. The first-order chi connectivity index (χ1) is 9.58. The first-order valence-electron chi connectivity index (χ1n) is 6.33. The van der Waals surface area contributed by atoms with Gasteiger partial charge in [-0.1, -0.05) is 12.1 Å². The molecule has 20 heavy (non-hydrogen) atoms. The van der Waals surface area contributed by atoms with E-state index in [1.807, 2.05) is 6.07 Å². The summed E-state index contributed by atoms with van der Waals surface area (Å²) in [6.07, 6.45) is 0.648. The van der Waals surface area contributed by atoms with Crippen molar-refractivity contribution in [2.75, 3.05) is 13.1 Å². The molecule has 0 bridgehead atoms. The second kappa shape index (κ2) is 4.61. The van der Waals surface area contributed by atoms with Gasteiger partial charge >= 0.3 is 5.69 Å². The predicted octanol–water partition coefficient (Wildman–Crippen LogP) is -1.14. The van der Waals surface area contributed by atoms with E-state index < -0.39 is 11.6 Å². The zero-order chi connectivity index (χ0) is 14.3. The van der Waals surface area contributed by atoms with E-state index in [1.54, 1.807) is 16.7 Å². The van der Waals surface area contributed by atoms with Crippen LogP contribution in [0.25, 0.3) is 10.9 Å². The van der Waals surface area contributed by atoms with Crippen molar-refractivity contribution in [2.45, 2.75) is 12.5 Å². The van der Waals surface area contributed by atoms with Crippen LogP contribution in [0.2, 0.25) is 0 Å². The second-order valence-corrected chi connectivity index (χ2v) is 4.90. The summed E-state index contributed by atoms with van der Waals surface area (Å²) < 4.78 is 1.58. The van der Waals surface area contributed by atoms with Gasteiger partial charge in [0.2, 0.25) is 5.91 Å². The lowest BCUT2D eigenvalue weighted by molar-refractivity contribution is -0.117. The van der Waals surface area contributed by atoms with Gasteiger partial charge < -0.3 is 11.1 Å². The molecule has 7 heteroatoms. The Morgan fingerprint density at radius 3 is 3.00 bits per heavy atom. The van der Waals surface area contributed by atoms with E-state index in [-0.39, 0.29) is 18.1 Å². The maximum atomic E-state index is 12.0. The Morgan fingerprint density at radius 2 is 2.25 bits per heavy atom. The Morgan fingerprint density at radius 1 is 1.45 bits per heavy atom. The van der Waals surface area contributed by atoms with E-state index in [2.05, 4.69) is 10.3 Å². The zero-order valence-electron chi connectivity index (χ0n) is 10.7. The minimum Gasteiger partial charge on any atom is -0.369 e. The Balaban J connectivity index is 2.04. The van der Waals surface area contributed by atoms with Crippen molar-refractivity contribution in [3.8, 4) is 0 Å². The van der Waals surface area contributed by atoms with E-state index >= 15 is 0 Å². The first-order valence-corrected chi connectivity index (χ1v) is 6.33. The van der Waals surface area contributed by atoms with Crippen LogP contribution in [0.1, 0.15) is 11.6 Å². The molecular formula is C13H14N4O3. The third kappa shape index (κ3) is 1.92. The van der Waals surface area contributed by atoms with Crippen molar-refractivity contribution < 1.29 is 4.79 Å². The molecule has 1 aromatic heterocycles. The van der Waals surface area contributed by atoms with Gasteiger partial charge in [0, 0.05) is 6.54 Å². The smallest absolute Gasteiger partial charge is 0.329 e. The Kier molecular flexibility index (Phi) is 2.90. The molecule has 0 aliphatic carbocycles. The summed E-state index contributed by atoms with van der Waals surface area (Å²) in [6, 6.07) is 5.29. The molecule has 3 rings (SSSR count). The molecule has 2 aromatic rings. The van der Waals surface area contributed by atoms with Crippen LogP contribution in [0.4, 0.5) is 0 Å². The van der Waals surface area contributed by atoms with Crippen LogP contribution < -0.4 is 22.3 Å². The van der Waals surface area contributed by atoms with Gasteiger partial charge in [-0.2, -0.15) is 0 Å². The summed E-state index contributed by atoms with van der Waals surface area (Å²) in [5.74, 6) is -0.445. The number of amides is 1. The maximum Gasteiger partial charge on any atom is 0.329 e. The number of rotatable bonds is 4. The Hall–Kier alpha value is -2.41. The van der Waals surface area contributed by atoms with Crippen LogP contribution in [0.3, 0.4) is 0 Å². The number of benzene rings is 1. The second-order valence-electron chi connectivity index (χ2n) is 4.90. The fourth-order valence-electron chi connectivity index (χ4n) is 2.77.